The minimum absolute atomic E-state index is 0.0232. The number of carbonyl (C=O) groups is 1. The molecule has 0 aliphatic carbocycles. The van der Waals surface area contributed by atoms with Crippen LogP contribution in [0.15, 0.2) is 0 Å². The van der Waals surface area contributed by atoms with Gasteiger partial charge in [-0.05, 0) is 31.9 Å². The van der Waals surface area contributed by atoms with E-state index in [1.807, 2.05) is 20.8 Å². The predicted octanol–water partition coefficient (Wildman–Crippen LogP) is 2.71. The molecular weight excluding hydrogens is 238 g/mol. The maximum Gasteiger partial charge on any atom is 0.351 e. The summed E-state index contributed by atoms with van der Waals surface area (Å²) in [7, 11) is 1.29. The number of rotatable bonds is 1. The molecule has 2 aromatic rings. The molecule has 2 aromatic heterocycles. The van der Waals surface area contributed by atoms with Crippen LogP contribution in [0, 0.1) is 20.8 Å². The van der Waals surface area contributed by atoms with Gasteiger partial charge in [-0.15, -0.1) is 11.3 Å². The largest absolute Gasteiger partial charge is 0.505 e. The molecule has 0 saturated heterocycles. The number of carbonyl (C=O) groups excluding carboxylic acids is 1. The highest BCUT2D eigenvalue weighted by atomic mass is 32.1. The Labute approximate surface area is 103 Å². The molecule has 4 nitrogen and oxygen atoms in total. The molecule has 0 saturated carbocycles. The Balaban J connectivity index is 2.83. The number of aromatic nitrogens is 1. The number of nitrogens with zero attached hydrogens (tertiary/aromatic N) is 1. The van der Waals surface area contributed by atoms with E-state index in [0.717, 1.165) is 28.2 Å². The molecule has 0 radical (unpaired) electrons. The van der Waals surface area contributed by atoms with Crippen molar-refractivity contribution in [3.8, 4) is 5.75 Å². The molecule has 17 heavy (non-hydrogen) atoms. The van der Waals surface area contributed by atoms with E-state index in [4.69, 9.17) is 0 Å². The van der Waals surface area contributed by atoms with Crippen LogP contribution in [0.2, 0.25) is 0 Å². The molecule has 5 heteroatoms. The summed E-state index contributed by atoms with van der Waals surface area (Å²) in [5, 5.41) is 10.7. The topological polar surface area (TPSA) is 59.4 Å². The van der Waals surface area contributed by atoms with E-state index in [1.165, 1.54) is 7.11 Å². The number of aromatic hydroxyl groups is 1. The van der Waals surface area contributed by atoms with Gasteiger partial charge in [0.25, 0.3) is 0 Å². The SMILES string of the molecule is COC(=O)c1sc2nc(C)c(C)c(C)c2c1O. The van der Waals surface area contributed by atoms with E-state index in [1.54, 1.807) is 0 Å². The summed E-state index contributed by atoms with van der Waals surface area (Å²) >= 11 is 1.16. The predicted molar refractivity (Wildman–Crippen MR) is 66.8 cm³/mol. The lowest BCUT2D eigenvalue weighted by Crippen LogP contribution is -1.97. The van der Waals surface area contributed by atoms with Gasteiger partial charge < -0.3 is 9.84 Å². The van der Waals surface area contributed by atoms with Crippen LogP contribution in [0.25, 0.3) is 10.2 Å². The molecule has 0 amide bonds. The van der Waals surface area contributed by atoms with Gasteiger partial charge in [0.2, 0.25) is 0 Å². The number of methoxy groups -OCH3 is 1. The maximum absolute atomic E-state index is 11.5. The van der Waals surface area contributed by atoms with Crippen molar-refractivity contribution in [2.75, 3.05) is 7.11 Å². The maximum atomic E-state index is 11.5. The van der Waals surface area contributed by atoms with E-state index >= 15 is 0 Å². The van der Waals surface area contributed by atoms with Crippen molar-refractivity contribution in [3.63, 3.8) is 0 Å². The summed E-state index contributed by atoms with van der Waals surface area (Å²) in [5.41, 5.74) is 2.89. The second-order valence-corrected chi connectivity index (χ2v) is 4.90. The summed E-state index contributed by atoms with van der Waals surface area (Å²) in [6.07, 6.45) is 0. The Morgan fingerprint density at radius 1 is 1.29 bits per heavy atom. The summed E-state index contributed by atoms with van der Waals surface area (Å²) in [6.45, 7) is 5.78. The highest BCUT2D eigenvalue weighted by molar-refractivity contribution is 7.20. The Hall–Kier alpha value is -1.62. The molecule has 0 aliphatic rings. The molecule has 0 bridgehead atoms. The van der Waals surface area contributed by atoms with Gasteiger partial charge in [0, 0.05) is 5.69 Å². The average Bonchev–Trinajstić information content (AvgIpc) is 2.62. The first-order valence-corrected chi connectivity index (χ1v) is 5.96. The van der Waals surface area contributed by atoms with Crippen LogP contribution in [-0.4, -0.2) is 23.2 Å². The molecule has 0 spiro atoms. The average molecular weight is 251 g/mol. The third-order valence-corrected chi connectivity index (χ3v) is 4.04. The van der Waals surface area contributed by atoms with Crippen molar-refractivity contribution in [1.82, 2.24) is 4.98 Å². The van der Waals surface area contributed by atoms with Gasteiger partial charge in [0.15, 0.2) is 10.6 Å². The lowest BCUT2D eigenvalue weighted by molar-refractivity contribution is 0.0603. The van der Waals surface area contributed by atoms with Crippen molar-refractivity contribution >= 4 is 27.5 Å². The fourth-order valence-corrected chi connectivity index (χ4v) is 2.85. The quantitative estimate of drug-likeness (QED) is 0.792. The normalized spacial score (nSPS) is 10.8. The van der Waals surface area contributed by atoms with E-state index < -0.39 is 5.97 Å². The lowest BCUT2D eigenvalue weighted by atomic mass is 10.1. The Bertz CT molecular complexity index is 616. The number of ether oxygens (including phenoxy) is 1. The first-order chi connectivity index (χ1) is 7.97. The van der Waals surface area contributed by atoms with Gasteiger partial charge >= 0.3 is 5.97 Å². The summed E-state index contributed by atoms with van der Waals surface area (Å²) in [6, 6.07) is 0. The molecular formula is C12H13NO3S. The smallest absolute Gasteiger partial charge is 0.351 e. The third-order valence-electron chi connectivity index (χ3n) is 2.98. The van der Waals surface area contributed by atoms with Crippen LogP contribution in [-0.2, 0) is 4.74 Å². The summed E-state index contributed by atoms with van der Waals surface area (Å²) in [4.78, 5) is 16.8. The summed E-state index contributed by atoms with van der Waals surface area (Å²) < 4.78 is 4.63. The van der Waals surface area contributed by atoms with E-state index in [2.05, 4.69) is 9.72 Å². The van der Waals surface area contributed by atoms with Crippen LogP contribution < -0.4 is 0 Å². The number of thiophene rings is 1. The van der Waals surface area contributed by atoms with Crippen LogP contribution in [0.1, 0.15) is 26.5 Å². The molecule has 0 aliphatic heterocycles. The standard InChI is InChI=1S/C12H13NO3S/c1-5-6(2)8-9(14)10(12(15)16-4)17-11(8)13-7(5)3/h14H,1-4H3. The van der Waals surface area contributed by atoms with Crippen molar-refractivity contribution in [3.05, 3.63) is 21.7 Å². The number of pyridine rings is 1. The fraction of sp³-hybridized carbons (Fsp3) is 0.333. The monoisotopic (exact) mass is 251 g/mol. The number of esters is 1. The van der Waals surface area contributed by atoms with Gasteiger partial charge in [0.05, 0.1) is 12.5 Å². The van der Waals surface area contributed by atoms with Crippen LogP contribution in [0.3, 0.4) is 0 Å². The highest BCUT2D eigenvalue weighted by Gasteiger charge is 2.21. The van der Waals surface area contributed by atoms with Crippen LogP contribution in [0.4, 0.5) is 0 Å². The number of hydrogen-bond donors (Lipinski definition) is 1. The molecule has 0 fully saturated rings. The Morgan fingerprint density at radius 3 is 2.53 bits per heavy atom. The van der Waals surface area contributed by atoms with Gasteiger partial charge in [-0.2, -0.15) is 0 Å². The molecule has 2 heterocycles. The van der Waals surface area contributed by atoms with E-state index in [0.29, 0.717) is 10.2 Å². The first-order valence-electron chi connectivity index (χ1n) is 5.15. The van der Waals surface area contributed by atoms with Gasteiger partial charge in [-0.3, -0.25) is 0 Å². The number of fused-ring (bicyclic) bond motifs is 1. The van der Waals surface area contributed by atoms with Gasteiger partial charge in [-0.1, -0.05) is 0 Å². The van der Waals surface area contributed by atoms with Crippen molar-refractivity contribution < 1.29 is 14.6 Å². The van der Waals surface area contributed by atoms with Crippen LogP contribution >= 0.6 is 11.3 Å². The van der Waals surface area contributed by atoms with Crippen LogP contribution in [0.5, 0.6) is 5.75 Å². The minimum atomic E-state index is -0.528. The molecule has 2 rings (SSSR count). The fourth-order valence-electron chi connectivity index (χ4n) is 1.75. The number of hydrogen-bond acceptors (Lipinski definition) is 5. The zero-order valence-electron chi connectivity index (χ0n) is 10.1. The van der Waals surface area contributed by atoms with E-state index in [9.17, 15) is 9.90 Å². The molecule has 0 unspecified atom stereocenters. The highest BCUT2D eigenvalue weighted by Crippen LogP contribution is 2.39. The third kappa shape index (κ3) is 1.67. The van der Waals surface area contributed by atoms with Crippen molar-refractivity contribution in [2.45, 2.75) is 20.8 Å². The van der Waals surface area contributed by atoms with Gasteiger partial charge in [0.1, 0.15) is 4.83 Å². The van der Waals surface area contributed by atoms with E-state index in [-0.39, 0.29) is 10.6 Å². The second-order valence-electron chi connectivity index (χ2n) is 3.90. The first kappa shape index (κ1) is 11.9. The zero-order chi connectivity index (χ0) is 12.7. The Morgan fingerprint density at radius 2 is 1.94 bits per heavy atom. The zero-order valence-corrected chi connectivity index (χ0v) is 10.9. The molecule has 1 N–H and O–H groups in total. The Kier molecular flexibility index (Phi) is 2.79. The number of aryl methyl sites for hydroxylation is 2. The summed E-state index contributed by atoms with van der Waals surface area (Å²) in [5.74, 6) is -0.551. The molecule has 90 valence electrons. The minimum Gasteiger partial charge on any atom is -0.505 e. The van der Waals surface area contributed by atoms with Crippen molar-refractivity contribution in [1.29, 1.82) is 0 Å². The van der Waals surface area contributed by atoms with Crippen molar-refractivity contribution in [2.24, 2.45) is 0 Å². The molecule has 0 atom stereocenters. The lowest BCUT2D eigenvalue weighted by Gasteiger charge is -2.05. The second kappa shape index (κ2) is 4.00. The van der Waals surface area contributed by atoms with Gasteiger partial charge in [-0.25, -0.2) is 9.78 Å². The molecule has 0 aromatic carbocycles.